The molecule has 0 unspecified atom stereocenters. The number of aryl methyl sites for hydroxylation is 1. The number of hydrogen-bond acceptors (Lipinski definition) is 4. The number of amides is 1. The molecule has 0 aliphatic carbocycles. The van der Waals surface area contributed by atoms with Crippen LogP contribution in [0.2, 0.25) is 0 Å². The fourth-order valence-corrected chi connectivity index (χ4v) is 1.29. The third-order valence-corrected chi connectivity index (χ3v) is 2.09. The van der Waals surface area contributed by atoms with Crippen molar-refractivity contribution in [2.75, 3.05) is 26.3 Å². The first-order valence-corrected chi connectivity index (χ1v) is 4.71. The van der Waals surface area contributed by atoms with Crippen LogP contribution in [0.3, 0.4) is 0 Å². The van der Waals surface area contributed by atoms with Gasteiger partial charge in [-0.25, -0.2) is 0 Å². The largest absolute Gasteiger partial charge is 0.395 e. The van der Waals surface area contributed by atoms with Crippen LogP contribution in [0.4, 0.5) is 0 Å². The Morgan fingerprint density at radius 2 is 2.07 bits per heavy atom. The van der Waals surface area contributed by atoms with Gasteiger partial charge in [-0.2, -0.15) is 5.10 Å². The molecule has 0 atom stereocenters. The number of aliphatic hydroxyl groups excluding tert-OH is 2. The third kappa shape index (κ3) is 2.77. The van der Waals surface area contributed by atoms with Gasteiger partial charge in [-0.1, -0.05) is 0 Å². The first-order chi connectivity index (χ1) is 7.20. The number of carbonyl (C=O) groups is 1. The van der Waals surface area contributed by atoms with Crippen molar-refractivity contribution in [3.63, 3.8) is 0 Å². The number of aliphatic hydroxyl groups is 2. The van der Waals surface area contributed by atoms with Gasteiger partial charge < -0.3 is 15.1 Å². The highest BCUT2D eigenvalue weighted by Crippen LogP contribution is 2.06. The molecule has 0 saturated carbocycles. The maximum absolute atomic E-state index is 11.9. The Morgan fingerprint density at radius 3 is 2.47 bits per heavy atom. The maximum Gasteiger partial charge on any atom is 0.257 e. The van der Waals surface area contributed by atoms with Crippen LogP contribution in [0.1, 0.15) is 16.1 Å². The summed E-state index contributed by atoms with van der Waals surface area (Å²) in [5, 5.41) is 24.0. The van der Waals surface area contributed by atoms with Gasteiger partial charge in [0, 0.05) is 18.8 Å². The van der Waals surface area contributed by atoms with E-state index in [-0.39, 0.29) is 32.2 Å². The lowest BCUT2D eigenvalue weighted by atomic mass is 10.2. The number of hydrogen-bond donors (Lipinski definition) is 3. The SMILES string of the molecule is Cc1[nH]ncc1C(=O)N(CCO)CCO. The number of aromatic amines is 1. The second-order valence-electron chi connectivity index (χ2n) is 3.15. The Kier molecular flexibility index (Phi) is 4.26. The van der Waals surface area contributed by atoms with Gasteiger partial charge >= 0.3 is 0 Å². The van der Waals surface area contributed by atoms with Crippen molar-refractivity contribution >= 4 is 5.91 Å². The predicted octanol–water partition coefficient (Wildman–Crippen LogP) is -0.855. The number of H-pyrrole nitrogens is 1. The average molecular weight is 213 g/mol. The zero-order valence-corrected chi connectivity index (χ0v) is 8.60. The number of rotatable bonds is 5. The maximum atomic E-state index is 11.9. The highest BCUT2D eigenvalue weighted by Gasteiger charge is 2.17. The monoisotopic (exact) mass is 213 g/mol. The summed E-state index contributed by atoms with van der Waals surface area (Å²) in [7, 11) is 0. The van der Waals surface area contributed by atoms with Gasteiger partial charge in [0.05, 0.1) is 25.0 Å². The molecule has 0 radical (unpaired) electrons. The van der Waals surface area contributed by atoms with Crippen LogP contribution in [0, 0.1) is 6.92 Å². The van der Waals surface area contributed by atoms with Crippen LogP contribution in [-0.2, 0) is 0 Å². The van der Waals surface area contributed by atoms with E-state index in [0.29, 0.717) is 11.3 Å². The quantitative estimate of drug-likeness (QED) is 0.594. The van der Waals surface area contributed by atoms with E-state index in [9.17, 15) is 4.79 Å². The highest BCUT2D eigenvalue weighted by molar-refractivity contribution is 5.95. The fourth-order valence-electron chi connectivity index (χ4n) is 1.29. The van der Waals surface area contributed by atoms with Crippen LogP contribution in [0.15, 0.2) is 6.20 Å². The van der Waals surface area contributed by atoms with E-state index in [1.807, 2.05) is 0 Å². The molecule has 0 aromatic carbocycles. The molecule has 1 aromatic rings. The molecule has 0 aliphatic rings. The lowest BCUT2D eigenvalue weighted by Crippen LogP contribution is -2.36. The molecule has 1 rings (SSSR count). The summed E-state index contributed by atoms with van der Waals surface area (Å²) in [6.07, 6.45) is 1.44. The zero-order valence-electron chi connectivity index (χ0n) is 8.60. The van der Waals surface area contributed by atoms with Gasteiger partial charge in [0.15, 0.2) is 0 Å². The second-order valence-corrected chi connectivity index (χ2v) is 3.15. The highest BCUT2D eigenvalue weighted by atomic mass is 16.3. The topological polar surface area (TPSA) is 89.5 Å². The van der Waals surface area contributed by atoms with E-state index in [2.05, 4.69) is 10.2 Å². The molecule has 0 saturated heterocycles. The van der Waals surface area contributed by atoms with Crippen molar-refractivity contribution in [3.8, 4) is 0 Å². The summed E-state index contributed by atoms with van der Waals surface area (Å²) >= 11 is 0. The van der Waals surface area contributed by atoms with Gasteiger partial charge in [0.2, 0.25) is 0 Å². The molecule has 1 aromatic heterocycles. The first-order valence-electron chi connectivity index (χ1n) is 4.71. The molecular weight excluding hydrogens is 198 g/mol. The van der Waals surface area contributed by atoms with Crippen LogP contribution < -0.4 is 0 Å². The first kappa shape index (κ1) is 11.7. The van der Waals surface area contributed by atoms with Crippen LogP contribution in [-0.4, -0.2) is 57.5 Å². The van der Waals surface area contributed by atoms with Crippen molar-refractivity contribution in [2.24, 2.45) is 0 Å². The molecule has 0 fully saturated rings. The van der Waals surface area contributed by atoms with Crippen LogP contribution >= 0.6 is 0 Å². The van der Waals surface area contributed by atoms with Crippen LogP contribution in [0.5, 0.6) is 0 Å². The van der Waals surface area contributed by atoms with Gasteiger partial charge in [-0.3, -0.25) is 9.89 Å². The molecule has 1 amide bonds. The lowest BCUT2D eigenvalue weighted by molar-refractivity contribution is 0.0684. The number of aromatic nitrogens is 2. The molecule has 0 bridgehead atoms. The van der Waals surface area contributed by atoms with Gasteiger partial charge in [-0.05, 0) is 6.92 Å². The number of nitrogens with zero attached hydrogens (tertiary/aromatic N) is 2. The van der Waals surface area contributed by atoms with Crippen molar-refractivity contribution in [3.05, 3.63) is 17.5 Å². The fraction of sp³-hybridized carbons (Fsp3) is 0.556. The molecule has 15 heavy (non-hydrogen) atoms. The van der Waals surface area contributed by atoms with E-state index in [4.69, 9.17) is 10.2 Å². The Labute approximate surface area is 87.5 Å². The molecular formula is C9H15N3O3. The van der Waals surface area contributed by atoms with Gasteiger partial charge in [-0.15, -0.1) is 0 Å². The summed E-state index contributed by atoms with van der Waals surface area (Å²) < 4.78 is 0. The summed E-state index contributed by atoms with van der Waals surface area (Å²) in [5.74, 6) is -0.232. The minimum atomic E-state index is -0.232. The van der Waals surface area contributed by atoms with Crippen molar-refractivity contribution in [1.29, 1.82) is 0 Å². The normalized spacial score (nSPS) is 10.3. The molecule has 6 heteroatoms. The Balaban J connectivity index is 2.76. The lowest BCUT2D eigenvalue weighted by Gasteiger charge is -2.20. The number of carbonyl (C=O) groups excluding carboxylic acids is 1. The molecule has 0 aliphatic heterocycles. The smallest absolute Gasteiger partial charge is 0.257 e. The standard InChI is InChI=1S/C9H15N3O3/c1-7-8(6-10-11-7)9(15)12(2-4-13)3-5-14/h6,13-14H,2-5H2,1H3,(H,10,11). The van der Waals surface area contributed by atoms with Crippen molar-refractivity contribution in [2.45, 2.75) is 6.92 Å². The summed E-state index contributed by atoms with van der Waals surface area (Å²) in [5.41, 5.74) is 1.15. The minimum absolute atomic E-state index is 0.122. The third-order valence-electron chi connectivity index (χ3n) is 2.09. The second kappa shape index (κ2) is 5.47. The molecule has 6 nitrogen and oxygen atoms in total. The van der Waals surface area contributed by atoms with E-state index in [0.717, 1.165) is 0 Å². The molecule has 3 N–H and O–H groups in total. The predicted molar refractivity (Wildman–Crippen MR) is 53.4 cm³/mol. The van der Waals surface area contributed by atoms with E-state index >= 15 is 0 Å². The van der Waals surface area contributed by atoms with Crippen molar-refractivity contribution < 1.29 is 15.0 Å². The van der Waals surface area contributed by atoms with Crippen molar-refractivity contribution in [1.82, 2.24) is 15.1 Å². The summed E-state index contributed by atoms with van der Waals surface area (Å²) in [6, 6.07) is 0. The van der Waals surface area contributed by atoms with Crippen LogP contribution in [0.25, 0.3) is 0 Å². The minimum Gasteiger partial charge on any atom is -0.395 e. The van der Waals surface area contributed by atoms with E-state index in [1.54, 1.807) is 6.92 Å². The summed E-state index contributed by atoms with van der Waals surface area (Å²) in [4.78, 5) is 13.2. The molecule has 1 heterocycles. The van der Waals surface area contributed by atoms with E-state index in [1.165, 1.54) is 11.1 Å². The van der Waals surface area contributed by atoms with E-state index < -0.39 is 0 Å². The summed E-state index contributed by atoms with van der Waals surface area (Å²) in [6.45, 7) is 1.93. The van der Waals surface area contributed by atoms with Gasteiger partial charge in [0.25, 0.3) is 5.91 Å². The zero-order chi connectivity index (χ0) is 11.3. The number of nitrogens with one attached hydrogen (secondary N) is 1. The molecule has 0 spiro atoms. The van der Waals surface area contributed by atoms with Gasteiger partial charge in [0.1, 0.15) is 0 Å². The Bertz CT molecular complexity index is 318. The Morgan fingerprint density at radius 1 is 1.47 bits per heavy atom. The molecule has 84 valence electrons. The Hall–Kier alpha value is -1.40. The average Bonchev–Trinajstić information content (AvgIpc) is 2.63.